The first-order valence-corrected chi connectivity index (χ1v) is 5.61. The molecule has 3 rings (SSSR count). The van der Waals surface area contributed by atoms with Crippen molar-refractivity contribution in [3.8, 4) is 0 Å². The quantitative estimate of drug-likeness (QED) is 0.821. The maximum Gasteiger partial charge on any atom is 0.415 e. The van der Waals surface area contributed by atoms with Crippen LogP contribution in [0.4, 0.5) is 4.79 Å². The van der Waals surface area contributed by atoms with Gasteiger partial charge in [0, 0.05) is 10.3 Å². The minimum atomic E-state index is -0.802. The lowest BCUT2D eigenvalue weighted by Crippen LogP contribution is -2.20. The average molecular weight is 233 g/mol. The molecule has 1 N–H and O–H groups in total. The molecular weight excluding hydrogens is 226 g/mol. The number of carbonyl (C=O) groups is 2. The van der Waals surface area contributed by atoms with Crippen molar-refractivity contribution in [1.82, 2.24) is 5.32 Å². The maximum atomic E-state index is 11.5. The van der Waals surface area contributed by atoms with Crippen molar-refractivity contribution in [3.05, 3.63) is 35.2 Å². The van der Waals surface area contributed by atoms with Gasteiger partial charge in [-0.05, 0) is 16.8 Å². The highest BCUT2D eigenvalue weighted by atomic mass is 32.1. The Bertz CT molecular complexity index is 590. The van der Waals surface area contributed by atoms with Crippen LogP contribution in [0.15, 0.2) is 29.6 Å². The third-order valence-electron chi connectivity index (χ3n) is 2.48. The number of alkyl carbamates (subject to hydrolysis) is 1. The second kappa shape index (κ2) is 3.31. The van der Waals surface area contributed by atoms with E-state index in [-0.39, 0.29) is 0 Å². The van der Waals surface area contributed by atoms with Crippen LogP contribution in [-0.2, 0) is 9.53 Å². The zero-order valence-corrected chi connectivity index (χ0v) is 8.91. The Hall–Kier alpha value is -1.88. The van der Waals surface area contributed by atoms with E-state index in [1.165, 1.54) is 11.3 Å². The Kier molecular flexibility index (Phi) is 1.94. The van der Waals surface area contributed by atoms with E-state index in [1.807, 2.05) is 29.6 Å². The van der Waals surface area contributed by atoms with Crippen molar-refractivity contribution in [2.24, 2.45) is 0 Å². The van der Waals surface area contributed by atoms with Crippen LogP contribution < -0.4 is 5.32 Å². The standard InChI is InChI=1S/C11H7NO3S/c13-10-9(15-11(14)12-10)7-5-16-8-4-2-1-3-6(7)8/h1-5,9H,(H,12,13,14). The lowest BCUT2D eigenvalue weighted by atomic mass is 10.1. The molecule has 1 atom stereocenters. The van der Waals surface area contributed by atoms with Crippen LogP contribution in [0.5, 0.6) is 0 Å². The zero-order valence-electron chi connectivity index (χ0n) is 8.10. The predicted molar refractivity (Wildman–Crippen MR) is 59.2 cm³/mol. The average Bonchev–Trinajstić information content (AvgIpc) is 2.81. The molecule has 1 aromatic carbocycles. The highest BCUT2D eigenvalue weighted by Crippen LogP contribution is 2.33. The Morgan fingerprint density at radius 1 is 1.25 bits per heavy atom. The summed E-state index contributed by atoms with van der Waals surface area (Å²) in [5.41, 5.74) is 0.754. The summed E-state index contributed by atoms with van der Waals surface area (Å²) in [5, 5.41) is 4.94. The number of hydrogen-bond donors (Lipinski definition) is 1. The largest absolute Gasteiger partial charge is 0.431 e. The minimum absolute atomic E-state index is 0.395. The van der Waals surface area contributed by atoms with Gasteiger partial charge in [0.25, 0.3) is 5.91 Å². The van der Waals surface area contributed by atoms with Gasteiger partial charge in [-0.25, -0.2) is 4.79 Å². The van der Waals surface area contributed by atoms with Gasteiger partial charge in [0.1, 0.15) is 0 Å². The molecule has 5 heteroatoms. The summed E-state index contributed by atoms with van der Waals surface area (Å²) >= 11 is 1.53. The Morgan fingerprint density at radius 2 is 2.06 bits per heavy atom. The number of cyclic esters (lactones) is 1. The molecule has 0 saturated carbocycles. The molecule has 4 nitrogen and oxygen atoms in total. The van der Waals surface area contributed by atoms with Gasteiger partial charge in [0.05, 0.1) is 0 Å². The fraction of sp³-hybridized carbons (Fsp3) is 0.0909. The van der Waals surface area contributed by atoms with Crippen LogP contribution in [0.25, 0.3) is 10.1 Å². The number of rotatable bonds is 1. The summed E-state index contributed by atoms with van der Waals surface area (Å²) in [4.78, 5) is 22.4. The molecule has 1 aliphatic heterocycles. The molecule has 2 heterocycles. The number of fused-ring (bicyclic) bond motifs is 1. The molecule has 0 radical (unpaired) electrons. The van der Waals surface area contributed by atoms with Crippen molar-refractivity contribution < 1.29 is 14.3 Å². The van der Waals surface area contributed by atoms with E-state index in [9.17, 15) is 9.59 Å². The van der Waals surface area contributed by atoms with Gasteiger partial charge in [-0.1, -0.05) is 18.2 Å². The van der Waals surface area contributed by atoms with E-state index < -0.39 is 18.1 Å². The second-order valence-electron chi connectivity index (χ2n) is 3.46. The number of benzene rings is 1. The topological polar surface area (TPSA) is 55.4 Å². The van der Waals surface area contributed by atoms with E-state index in [2.05, 4.69) is 5.32 Å². The van der Waals surface area contributed by atoms with E-state index >= 15 is 0 Å². The third-order valence-corrected chi connectivity index (χ3v) is 3.46. The van der Waals surface area contributed by atoms with Gasteiger partial charge in [0.2, 0.25) is 6.10 Å². The predicted octanol–water partition coefficient (Wildman–Crippen LogP) is 2.21. The lowest BCUT2D eigenvalue weighted by Gasteiger charge is -2.04. The van der Waals surface area contributed by atoms with Crippen LogP contribution in [0, 0.1) is 0 Å². The van der Waals surface area contributed by atoms with Gasteiger partial charge < -0.3 is 4.74 Å². The molecule has 1 unspecified atom stereocenters. The Balaban J connectivity index is 2.13. The van der Waals surface area contributed by atoms with Crippen molar-refractivity contribution in [2.75, 3.05) is 0 Å². The maximum absolute atomic E-state index is 11.5. The van der Waals surface area contributed by atoms with Gasteiger partial charge in [-0.2, -0.15) is 0 Å². The first kappa shape index (κ1) is 9.35. The number of thiophene rings is 1. The van der Waals surface area contributed by atoms with Crippen LogP contribution in [0.2, 0.25) is 0 Å². The summed E-state index contributed by atoms with van der Waals surface area (Å²) in [5.74, 6) is -0.395. The molecule has 2 aromatic rings. The molecule has 1 fully saturated rings. The summed E-state index contributed by atoms with van der Waals surface area (Å²) < 4.78 is 6.01. The first-order valence-electron chi connectivity index (χ1n) is 4.73. The normalized spacial score (nSPS) is 19.9. The molecule has 1 saturated heterocycles. The van der Waals surface area contributed by atoms with Gasteiger partial charge >= 0.3 is 6.09 Å². The van der Waals surface area contributed by atoms with E-state index in [1.54, 1.807) is 0 Å². The van der Waals surface area contributed by atoms with Gasteiger partial charge in [-0.3, -0.25) is 10.1 Å². The smallest absolute Gasteiger partial charge is 0.415 e. The van der Waals surface area contributed by atoms with E-state index in [0.29, 0.717) is 0 Å². The number of carbonyl (C=O) groups excluding carboxylic acids is 2. The summed E-state index contributed by atoms with van der Waals surface area (Å²) in [6.07, 6.45) is -1.48. The van der Waals surface area contributed by atoms with Crippen LogP contribution in [-0.4, -0.2) is 12.0 Å². The molecule has 0 aliphatic carbocycles. The van der Waals surface area contributed by atoms with Crippen molar-refractivity contribution in [1.29, 1.82) is 0 Å². The first-order chi connectivity index (χ1) is 7.75. The molecule has 1 aromatic heterocycles. The minimum Gasteiger partial charge on any atom is -0.431 e. The second-order valence-corrected chi connectivity index (χ2v) is 4.37. The highest BCUT2D eigenvalue weighted by molar-refractivity contribution is 7.17. The molecule has 1 aliphatic rings. The number of imide groups is 1. The third kappa shape index (κ3) is 1.29. The zero-order chi connectivity index (χ0) is 11.1. The number of amides is 2. The van der Waals surface area contributed by atoms with Crippen LogP contribution >= 0.6 is 11.3 Å². The van der Waals surface area contributed by atoms with Gasteiger partial charge in [-0.15, -0.1) is 11.3 Å². The van der Waals surface area contributed by atoms with E-state index in [4.69, 9.17) is 4.74 Å². The SMILES string of the molecule is O=C1NC(=O)C(c2csc3ccccc23)O1. The number of hydrogen-bond acceptors (Lipinski definition) is 4. The fourth-order valence-corrected chi connectivity index (χ4v) is 2.74. The van der Waals surface area contributed by atoms with Crippen molar-refractivity contribution >= 4 is 33.4 Å². The van der Waals surface area contributed by atoms with E-state index in [0.717, 1.165) is 15.6 Å². The van der Waals surface area contributed by atoms with Gasteiger partial charge in [0.15, 0.2) is 0 Å². The monoisotopic (exact) mass is 233 g/mol. The lowest BCUT2D eigenvalue weighted by molar-refractivity contribution is -0.123. The van der Waals surface area contributed by atoms with Crippen molar-refractivity contribution in [2.45, 2.75) is 6.10 Å². The Morgan fingerprint density at radius 3 is 2.81 bits per heavy atom. The van der Waals surface area contributed by atoms with Crippen LogP contribution in [0.3, 0.4) is 0 Å². The molecular formula is C11H7NO3S. The number of ether oxygens (including phenoxy) is 1. The molecule has 16 heavy (non-hydrogen) atoms. The summed E-state index contributed by atoms with van der Waals surface area (Å²) in [7, 11) is 0. The Labute approximate surface area is 94.8 Å². The molecule has 2 amide bonds. The molecule has 0 spiro atoms. The fourth-order valence-electron chi connectivity index (χ4n) is 1.76. The summed E-state index contributed by atoms with van der Waals surface area (Å²) in [6, 6.07) is 7.72. The number of nitrogens with one attached hydrogen (secondary N) is 1. The molecule has 80 valence electrons. The van der Waals surface area contributed by atoms with Crippen molar-refractivity contribution in [3.63, 3.8) is 0 Å². The molecule has 0 bridgehead atoms. The van der Waals surface area contributed by atoms with Crippen LogP contribution in [0.1, 0.15) is 11.7 Å². The summed E-state index contributed by atoms with van der Waals surface area (Å²) in [6.45, 7) is 0. The highest BCUT2D eigenvalue weighted by Gasteiger charge is 2.35.